The van der Waals surface area contributed by atoms with E-state index in [1.165, 1.54) is 0 Å². The molecule has 2 N–H and O–H groups in total. The number of hydrogen-bond acceptors (Lipinski definition) is 3. The summed E-state index contributed by atoms with van der Waals surface area (Å²) in [6.07, 6.45) is 0. The van der Waals surface area contributed by atoms with Gasteiger partial charge in [0, 0.05) is 11.3 Å². The van der Waals surface area contributed by atoms with Gasteiger partial charge in [-0.1, -0.05) is 17.2 Å². The highest BCUT2D eigenvalue weighted by molar-refractivity contribution is 6.05. The van der Waals surface area contributed by atoms with E-state index in [9.17, 15) is 9.59 Å². The zero-order valence-electron chi connectivity index (χ0n) is 11.7. The van der Waals surface area contributed by atoms with Gasteiger partial charge in [-0.3, -0.25) is 9.78 Å². The Balaban J connectivity index is 1.90. The highest BCUT2D eigenvalue weighted by Gasteiger charge is 2.09. The molecule has 2 aromatic carbocycles. The molecule has 1 heterocycles. The first-order valence-corrected chi connectivity index (χ1v) is 6.54. The third-order valence-electron chi connectivity index (χ3n) is 3.16. The van der Waals surface area contributed by atoms with Crippen LogP contribution in [-0.4, -0.2) is 10.9 Å². The van der Waals surface area contributed by atoms with Crippen LogP contribution >= 0.6 is 0 Å². The average molecular weight is 282 g/mol. The van der Waals surface area contributed by atoms with Gasteiger partial charge >= 0.3 is 5.76 Å². The Kier molecular flexibility index (Phi) is 3.10. The van der Waals surface area contributed by atoms with Gasteiger partial charge in [-0.15, -0.1) is 0 Å². The third kappa shape index (κ3) is 2.72. The molecule has 3 aromatic rings. The molecule has 0 radical (unpaired) electrons. The van der Waals surface area contributed by atoms with E-state index in [0.717, 1.165) is 11.1 Å². The molecule has 1 aromatic heterocycles. The monoisotopic (exact) mass is 282 g/mol. The van der Waals surface area contributed by atoms with E-state index < -0.39 is 5.76 Å². The van der Waals surface area contributed by atoms with Crippen molar-refractivity contribution in [2.24, 2.45) is 0 Å². The number of amides is 1. The van der Waals surface area contributed by atoms with Crippen molar-refractivity contribution in [3.8, 4) is 0 Å². The van der Waals surface area contributed by atoms with Crippen LogP contribution in [-0.2, 0) is 0 Å². The Hall–Kier alpha value is -2.82. The lowest BCUT2D eigenvalue weighted by atomic mass is 10.1. The molecule has 0 aliphatic heterocycles. The van der Waals surface area contributed by atoms with E-state index in [1.54, 1.807) is 18.2 Å². The van der Waals surface area contributed by atoms with Crippen LogP contribution in [0.3, 0.4) is 0 Å². The Labute approximate surface area is 120 Å². The number of fused-ring (bicyclic) bond motifs is 1. The summed E-state index contributed by atoms with van der Waals surface area (Å²) in [4.78, 5) is 25.9. The van der Waals surface area contributed by atoms with Gasteiger partial charge in [0.05, 0.1) is 5.52 Å². The van der Waals surface area contributed by atoms with Crippen molar-refractivity contribution < 1.29 is 9.21 Å². The first-order chi connectivity index (χ1) is 10.0. The maximum atomic E-state index is 12.3. The number of H-pyrrole nitrogens is 1. The molecular formula is C16H14N2O3. The van der Waals surface area contributed by atoms with Crippen LogP contribution < -0.4 is 11.1 Å². The first-order valence-electron chi connectivity index (χ1n) is 6.54. The molecule has 0 saturated heterocycles. The second-order valence-corrected chi connectivity index (χ2v) is 5.06. The minimum Gasteiger partial charge on any atom is -0.408 e. The predicted octanol–water partition coefficient (Wildman–Crippen LogP) is 2.99. The fourth-order valence-corrected chi connectivity index (χ4v) is 2.34. The summed E-state index contributed by atoms with van der Waals surface area (Å²) in [7, 11) is 0. The zero-order valence-corrected chi connectivity index (χ0v) is 11.7. The van der Waals surface area contributed by atoms with Gasteiger partial charge in [0.25, 0.3) is 5.91 Å². The molecule has 21 heavy (non-hydrogen) atoms. The number of aromatic amines is 1. The second-order valence-electron chi connectivity index (χ2n) is 5.06. The highest BCUT2D eigenvalue weighted by Crippen LogP contribution is 2.17. The normalized spacial score (nSPS) is 10.8. The van der Waals surface area contributed by atoms with Crippen LogP contribution in [0, 0.1) is 13.8 Å². The Morgan fingerprint density at radius 1 is 1.10 bits per heavy atom. The van der Waals surface area contributed by atoms with Crippen LogP contribution in [0.5, 0.6) is 0 Å². The number of benzene rings is 2. The molecular weight excluding hydrogens is 268 g/mol. The topological polar surface area (TPSA) is 75.1 Å². The van der Waals surface area contributed by atoms with Crippen LogP contribution in [0.1, 0.15) is 21.5 Å². The molecule has 1 amide bonds. The Bertz CT molecular complexity index is 870. The number of nitrogens with one attached hydrogen (secondary N) is 2. The largest absolute Gasteiger partial charge is 0.417 e. The quantitative estimate of drug-likeness (QED) is 0.758. The standard InChI is InChI=1S/C16H14N2O3/c1-9-5-10(2)7-11(6-9)15(19)17-12-3-4-14-13(8-12)18-16(20)21-14/h3-8H,1-2H3,(H,17,19)(H,18,20). The lowest BCUT2D eigenvalue weighted by molar-refractivity contribution is 0.102. The molecule has 5 nitrogen and oxygen atoms in total. The van der Waals surface area contributed by atoms with Crippen LogP contribution in [0.25, 0.3) is 11.1 Å². The first kappa shape index (κ1) is 13.2. The van der Waals surface area contributed by atoms with Crippen molar-refractivity contribution in [3.05, 3.63) is 63.6 Å². The second kappa shape index (κ2) is 4.94. The number of rotatable bonds is 2. The zero-order chi connectivity index (χ0) is 15.0. The van der Waals surface area contributed by atoms with Gasteiger partial charge in [-0.05, 0) is 44.2 Å². The van der Waals surface area contributed by atoms with Crippen LogP contribution in [0.4, 0.5) is 5.69 Å². The molecule has 0 spiro atoms. The number of hydrogen-bond donors (Lipinski definition) is 2. The minimum atomic E-state index is -0.511. The van der Waals surface area contributed by atoms with E-state index in [-0.39, 0.29) is 5.91 Å². The van der Waals surface area contributed by atoms with E-state index in [4.69, 9.17) is 4.42 Å². The van der Waals surface area contributed by atoms with Gasteiger partial charge in [0.2, 0.25) is 0 Å². The third-order valence-corrected chi connectivity index (χ3v) is 3.16. The highest BCUT2D eigenvalue weighted by atomic mass is 16.4. The van der Waals surface area contributed by atoms with E-state index >= 15 is 0 Å². The molecule has 5 heteroatoms. The smallest absolute Gasteiger partial charge is 0.408 e. The van der Waals surface area contributed by atoms with Gasteiger partial charge in [-0.25, -0.2) is 4.79 Å². The fourth-order valence-electron chi connectivity index (χ4n) is 2.34. The predicted molar refractivity (Wildman–Crippen MR) is 80.7 cm³/mol. The van der Waals surface area contributed by atoms with Gasteiger partial charge in [0.15, 0.2) is 5.58 Å². The van der Waals surface area contributed by atoms with Crippen molar-refractivity contribution in [1.82, 2.24) is 4.98 Å². The molecule has 0 aliphatic rings. The number of aromatic nitrogens is 1. The van der Waals surface area contributed by atoms with E-state index in [2.05, 4.69) is 10.3 Å². The van der Waals surface area contributed by atoms with Gasteiger partial charge < -0.3 is 9.73 Å². The number of carbonyl (C=O) groups is 1. The summed E-state index contributed by atoms with van der Waals surface area (Å²) in [5.74, 6) is -0.699. The number of aryl methyl sites for hydroxylation is 2. The van der Waals surface area contributed by atoms with Gasteiger partial charge in [0.1, 0.15) is 0 Å². The summed E-state index contributed by atoms with van der Waals surface area (Å²) in [6.45, 7) is 3.90. The van der Waals surface area contributed by atoms with Crippen molar-refractivity contribution in [3.63, 3.8) is 0 Å². The van der Waals surface area contributed by atoms with Crippen molar-refractivity contribution in [2.45, 2.75) is 13.8 Å². The van der Waals surface area contributed by atoms with Gasteiger partial charge in [-0.2, -0.15) is 0 Å². The molecule has 0 bridgehead atoms. The fraction of sp³-hybridized carbons (Fsp3) is 0.125. The van der Waals surface area contributed by atoms with Crippen LogP contribution in [0.15, 0.2) is 45.6 Å². The summed E-state index contributed by atoms with van der Waals surface area (Å²) >= 11 is 0. The van der Waals surface area contributed by atoms with Crippen molar-refractivity contribution >= 4 is 22.7 Å². The molecule has 106 valence electrons. The van der Waals surface area contributed by atoms with E-state index in [0.29, 0.717) is 22.4 Å². The maximum absolute atomic E-state index is 12.3. The summed E-state index contributed by atoms with van der Waals surface area (Å²) in [5.41, 5.74) is 4.30. The Morgan fingerprint density at radius 2 is 1.81 bits per heavy atom. The summed E-state index contributed by atoms with van der Waals surface area (Å²) in [5, 5.41) is 2.81. The lowest BCUT2D eigenvalue weighted by Gasteiger charge is -2.07. The molecule has 0 saturated carbocycles. The number of oxazole rings is 1. The van der Waals surface area contributed by atoms with Crippen LogP contribution in [0.2, 0.25) is 0 Å². The molecule has 0 atom stereocenters. The van der Waals surface area contributed by atoms with Crippen molar-refractivity contribution in [1.29, 1.82) is 0 Å². The minimum absolute atomic E-state index is 0.188. The summed E-state index contributed by atoms with van der Waals surface area (Å²) < 4.78 is 4.92. The maximum Gasteiger partial charge on any atom is 0.417 e. The molecule has 0 unspecified atom stereocenters. The van der Waals surface area contributed by atoms with Crippen molar-refractivity contribution in [2.75, 3.05) is 5.32 Å². The molecule has 0 aliphatic carbocycles. The average Bonchev–Trinajstić information content (AvgIpc) is 2.77. The molecule has 3 rings (SSSR count). The SMILES string of the molecule is Cc1cc(C)cc(C(=O)Nc2ccc3oc(=O)[nH]c3c2)c1. The number of anilines is 1. The Morgan fingerprint density at radius 3 is 2.52 bits per heavy atom. The lowest BCUT2D eigenvalue weighted by Crippen LogP contribution is -2.12. The summed E-state index contributed by atoms with van der Waals surface area (Å²) in [6, 6.07) is 10.7. The van der Waals surface area contributed by atoms with E-state index in [1.807, 2.05) is 32.0 Å². The molecule has 0 fully saturated rings. The number of carbonyl (C=O) groups excluding carboxylic acids is 1.